The molecule has 0 aromatic carbocycles. The molecule has 1 fully saturated rings. The van der Waals surface area contributed by atoms with E-state index in [1.165, 1.54) is 11.5 Å². The molecule has 0 aliphatic carbocycles. The molecule has 20 heavy (non-hydrogen) atoms. The summed E-state index contributed by atoms with van der Waals surface area (Å²) in [5.74, 6) is 0.121. The maximum atomic E-state index is 12.8. The number of rotatable bonds is 5. The second-order valence-electron chi connectivity index (χ2n) is 5.33. The van der Waals surface area contributed by atoms with Gasteiger partial charge in [-0.2, -0.15) is 0 Å². The Morgan fingerprint density at radius 2 is 2.20 bits per heavy atom. The Bertz CT molecular complexity index is 448. The Labute approximate surface area is 124 Å². The van der Waals surface area contributed by atoms with Crippen LogP contribution >= 0.6 is 11.5 Å². The monoisotopic (exact) mass is 296 g/mol. The van der Waals surface area contributed by atoms with Crippen molar-refractivity contribution in [3.63, 3.8) is 0 Å². The third-order valence-electron chi connectivity index (χ3n) is 3.96. The summed E-state index contributed by atoms with van der Waals surface area (Å²) < 4.78 is 3.98. The minimum Gasteiger partial charge on any atom is -0.332 e. The lowest BCUT2D eigenvalue weighted by Crippen LogP contribution is -2.57. The molecule has 2 unspecified atom stereocenters. The average molecular weight is 296 g/mol. The molecule has 2 atom stereocenters. The number of nitrogens with zero attached hydrogens (tertiary/aromatic N) is 3. The number of nitrogens with one attached hydrogen (secondary N) is 1. The van der Waals surface area contributed by atoms with E-state index >= 15 is 0 Å². The second-order valence-corrected chi connectivity index (χ2v) is 6.09. The van der Waals surface area contributed by atoms with Crippen LogP contribution in [0.1, 0.15) is 55.4 Å². The summed E-state index contributed by atoms with van der Waals surface area (Å²) in [5, 5.41) is 7.64. The van der Waals surface area contributed by atoms with Crippen molar-refractivity contribution in [3.05, 3.63) is 10.6 Å². The Balaban J connectivity index is 2.18. The van der Waals surface area contributed by atoms with Crippen LogP contribution in [0.5, 0.6) is 0 Å². The van der Waals surface area contributed by atoms with Gasteiger partial charge in [0.2, 0.25) is 0 Å². The normalized spacial score (nSPS) is 23.1. The van der Waals surface area contributed by atoms with Crippen LogP contribution in [-0.4, -0.2) is 45.6 Å². The highest BCUT2D eigenvalue weighted by atomic mass is 32.1. The molecule has 112 valence electrons. The first-order chi connectivity index (χ1) is 9.71. The molecule has 2 heterocycles. The SMILES string of the molecule is CCCc1nnsc1C(=O)N1CC(CC)NCC1CC. The lowest BCUT2D eigenvalue weighted by atomic mass is 10.0. The topological polar surface area (TPSA) is 58.1 Å². The Morgan fingerprint density at radius 3 is 2.85 bits per heavy atom. The van der Waals surface area contributed by atoms with Crippen molar-refractivity contribution < 1.29 is 4.79 Å². The number of piperazine rings is 1. The lowest BCUT2D eigenvalue weighted by molar-refractivity contribution is 0.0579. The van der Waals surface area contributed by atoms with Gasteiger partial charge in [0.05, 0.1) is 5.69 Å². The molecule has 5 nitrogen and oxygen atoms in total. The van der Waals surface area contributed by atoms with E-state index in [0.29, 0.717) is 6.04 Å². The molecule has 1 aliphatic heterocycles. The number of hydrogen-bond acceptors (Lipinski definition) is 5. The van der Waals surface area contributed by atoms with E-state index in [9.17, 15) is 4.79 Å². The van der Waals surface area contributed by atoms with Gasteiger partial charge in [-0.25, -0.2) is 0 Å². The van der Waals surface area contributed by atoms with Gasteiger partial charge >= 0.3 is 0 Å². The summed E-state index contributed by atoms with van der Waals surface area (Å²) in [6.45, 7) is 8.06. The van der Waals surface area contributed by atoms with Gasteiger partial charge < -0.3 is 10.2 Å². The molecule has 1 saturated heterocycles. The van der Waals surface area contributed by atoms with Crippen molar-refractivity contribution in [2.75, 3.05) is 13.1 Å². The Hall–Kier alpha value is -1.01. The fourth-order valence-electron chi connectivity index (χ4n) is 2.65. The molecule has 1 aromatic heterocycles. The van der Waals surface area contributed by atoms with Crippen molar-refractivity contribution in [3.8, 4) is 0 Å². The molecule has 0 bridgehead atoms. The molecule has 6 heteroatoms. The maximum absolute atomic E-state index is 12.8. The number of amides is 1. The van der Waals surface area contributed by atoms with E-state index in [4.69, 9.17) is 0 Å². The largest absolute Gasteiger partial charge is 0.332 e. The maximum Gasteiger partial charge on any atom is 0.267 e. The molecular weight excluding hydrogens is 272 g/mol. The van der Waals surface area contributed by atoms with Gasteiger partial charge in [-0.15, -0.1) is 5.10 Å². The van der Waals surface area contributed by atoms with Crippen LogP contribution in [0.25, 0.3) is 0 Å². The first kappa shape index (κ1) is 15.4. The van der Waals surface area contributed by atoms with Gasteiger partial charge in [0.1, 0.15) is 4.88 Å². The van der Waals surface area contributed by atoms with Crippen LogP contribution < -0.4 is 5.32 Å². The molecule has 1 aromatic rings. The standard InChI is InChI=1S/C14H24N4OS/c1-4-7-12-13(20-17-16-12)14(19)18-9-10(5-2)15-8-11(18)6-3/h10-11,15H,4-9H2,1-3H3. The predicted octanol–water partition coefficient (Wildman–Crippen LogP) is 2.09. The van der Waals surface area contributed by atoms with E-state index in [1.807, 2.05) is 4.90 Å². The molecule has 1 N–H and O–H groups in total. The van der Waals surface area contributed by atoms with Crippen LogP contribution in [0.2, 0.25) is 0 Å². The van der Waals surface area contributed by atoms with Crippen molar-refractivity contribution in [1.29, 1.82) is 0 Å². The highest BCUT2D eigenvalue weighted by Gasteiger charge is 2.32. The molecule has 2 rings (SSSR count). The molecule has 1 aliphatic rings. The molecule has 0 spiro atoms. The Morgan fingerprint density at radius 1 is 1.40 bits per heavy atom. The molecular formula is C14H24N4OS. The zero-order valence-electron chi connectivity index (χ0n) is 12.6. The highest BCUT2D eigenvalue weighted by molar-refractivity contribution is 7.08. The summed E-state index contributed by atoms with van der Waals surface area (Å²) >= 11 is 1.24. The van der Waals surface area contributed by atoms with Gasteiger partial charge in [-0.3, -0.25) is 4.79 Å². The van der Waals surface area contributed by atoms with Crippen LogP contribution in [-0.2, 0) is 6.42 Å². The van der Waals surface area contributed by atoms with E-state index in [-0.39, 0.29) is 11.9 Å². The first-order valence-corrected chi connectivity index (χ1v) is 8.34. The predicted molar refractivity (Wildman–Crippen MR) is 81.1 cm³/mol. The second kappa shape index (κ2) is 7.13. The van der Waals surface area contributed by atoms with E-state index in [2.05, 4.69) is 35.7 Å². The summed E-state index contributed by atoms with van der Waals surface area (Å²) in [6.07, 6.45) is 3.84. The van der Waals surface area contributed by atoms with Gasteiger partial charge in [-0.05, 0) is 30.8 Å². The fourth-order valence-corrected chi connectivity index (χ4v) is 3.32. The summed E-state index contributed by atoms with van der Waals surface area (Å²) in [6, 6.07) is 0.680. The van der Waals surface area contributed by atoms with Crippen LogP contribution in [0.4, 0.5) is 0 Å². The third-order valence-corrected chi connectivity index (χ3v) is 4.72. The summed E-state index contributed by atoms with van der Waals surface area (Å²) in [5.41, 5.74) is 0.865. The van der Waals surface area contributed by atoms with Crippen LogP contribution in [0, 0.1) is 0 Å². The number of hydrogen-bond donors (Lipinski definition) is 1. The molecule has 1 amide bonds. The van der Waals surface area contributed by atoms with E-state index < -0.39 is 0 Å². The Kier molecular flexibility index (Phi) is 5.48. The average Bonchev–Trinajstić information content (AvgIpc) is 2.94. The number of aromatic nitrogens is 2. The molecule has 0 saturated carbocycles. The van der Waals surface area contributed by atoms with Crippen molar-refractivity contribution in [2.24, 2.45) is 0 Å². The van der Waals surface area contributed by atoms with Crippen molar-refractivity contribution in [1.82, 2.24) is 19.8 Å². The van der Waals surface area contributed by atoms with Gasteiger partial charge in [0.15, 0.2) is 0 Å². The van der Waals surface area contributed by atoms with Crippen LogP contribution in [0.15, 0.2) is 0 Å². The highest BCUT2D eigenvalue weighted by Crippen LogP contribution is 2.20. The van der Waals surface area contributed by atoms with Crippen molar-refractivity contribution in [2.45, 2.75) is 58.5 Å². The number of aryl methyl sites for hydroxylation is 1. The summed E-state index contributed by atoms with van der Waals surface area (Å²) in [4.78, 5) is 15.6. The van der Waals surface area contributed by atoms with Gasteiger partial charge in [0, 0.05) is 25.2 Å². The van der Waals surface area contributed by atoms with Gasteiger partial charge in [-0.1, -0.05) is 31.7 Å². The van der Waals surface area contributed by atoms with E-state index in [1.54, 1.807) is 0 Å². The minimum atomic E-state index is 0.121. The third kappa shape index (κ3) is 3.17. The quantitative estimate of drug-likeness (QED) is 0.904. The number of carbonyl (C=O) groups is 1. The smallest absolute Gasteiger partial charge is 0.267 e. The minimum absolute atomic E-state index is 0.121. The molecule has 0 radical (unpaired) electrons. The lowest BCUT2D eigenvalue weighted by Gasteiger charge is -2.39. The van der Waals surface area contributed by atoms with Gasteiger partial charge in [0.25, 0.3) is 5.91 Å². The summed E-state index contributed by atoms with van der Waals surface area (Å²) in [7, 11) is 0. The first-order valence-electron chi connectivity index (χ1n) is 7.56. The van der Waals surface area contributed by atoms with E-state index in [0.717, 1.165) is 49.3 Å². The van der Waals surface area contributed by atoms with Crippen LogP contribution in [0.3, 0.4) is 0 Å². The fraction of sp³-hybridized carbons (Fsp3) is 0.786. The zero-order chi connectivity index (χ0) is 14.5. The zero-order valence-corrected chi connectivity index (χ0v) is 13.4. The van der Waals surface area contributed by atoms with Crippen molar-refractivity contribution >= 4 is 17.4 Å². The number of carbonyl (C=O) groups excluding carboxylic acids is 1.